The predicted molar refractivity (Wildman–Crippen MR) is 92.3 cm³/mol. The topological polar surface area (TPSA) is 68.7 Å². The summed E-state index contributed by atoms with van der Waals surface area (Å²) < 4.78 is 38.3. The molecule has 1 aliphatic rings. The minimum absolute atomic E-state index is 0.158. The van der Waals surface area contributed by atoms with Gasteiger partial charge in [0.05, 0.1) is 18.0 Å². The van der Waals surface area contributed by atoms with Crippen LogP contribution in [0.1, 0.15) is 18.9 Å². The number of nitrogens with zero attached hydrogens (tertiary/aromatic N) is 2. The van der Waals surface area contributed by atoms with E-state index in [1.165, 1.54) is 15.6 Å². The zero-order valence-electron chi connectivity index (χ0n) is 13.6. The molecule has 3 rings (SSSR count). The third-order valence-corrected chi connectivity index (χ3v) is 6.39. The maximum atomic E-state index is 12.8. The minimum atomic E-state index is -3.52. The normalized spacial score (nSPS) is 18.7. The molecule has 130 valence electrons. The van der Waals surface area contributed by atoms with Gasteiger partial charge in [0.1, 0.15) is 11.9 Å². The molecule has 0 aliphatic carbocycles. The van der Waals surface area contributed by atoms with Crippen LogP contribution in [0.15, 0.2) is 34.7 Å². The number of sulfonamides is 1. The number of benzene rings is 1. The van der Waals surface area contributed by atoms with E-state index in [4.69, 9.17) is 9.47 Å². The highest BCUT2D eigenvalue weighted by molar-refractivity contribution is 7.89. The molecule has 1 unspecified atom stereocenters. The Balaban J connectivity index is 1.73. The van der Waals surface area contributed by atoms with Gasteiger partial charge in [0, 0.05) is 18.1 Å². The lowest BCUT2D eigenvalue weighted by atomic mass is 10.2. The van der Waals surface area contributed by atoms with E-state index < -0.39 is 10.0 Å². The second-order valence-electron chi connectivity index (χ2n) is 5.55. The van der Waals surface area contributed by atoms with Crippen LogP contribution in [0.5, 0.6) is 10.9 Å². The van der Waals surface area contributed by atoms with Crippen molar-refractivity contribution in [2.75, 3.05) is 19.7 Å². The Labute approximate surface area is 146 Å². The van der Waals surface area contributed by atoms with Gasteiger partial charge >= 0.3 is 0 Å². The number of aryl methyl sites for hydroxylation is 1. The van der Waals surface area contributed by atoms with Crippen LogP contribution in [-0.4, -0.2) is 43.5 Å². The van der Waals surface area contributed by atoms with Crippen LogP contribution in [0.25, 0.3) is 0 Å². The van der Waals surface area contributed by atoms with Crippen molar-refractivity contribution < 1.29 is 17.9 Å². The second kappa shape index (κ2) is 7.08. The molecule has 24 heavy (non-hydrogen) atoms. The summed E-state index contributed by atoms with van der Waals surface area (Å²) in [5.74, 6) is 0.711. The van der Waals surface area contributed by atoms with Gasteiger partial charge in [0.2, 0.25) is 10.0 Å². The first-order valence-corrected chi connectivity index (χ1v) is 10.1. The lowest BCUT2D eigenvalue weighted by molar-refractivity contribution is 0.214. The molecule has 1 aromatic carbocycles. The molecule has 0 spiro atoms. The highest BCUT2D eigenvalue weighted by Crippen LogP contribution is 2.27. The number of ether oxygens (including phenoxy) is 2. The van der Waals surface area contributed by atoms with Crippen LogP contribution < -0.4 is 9.47 Å². The van der Waals surface area contributed by atoms with Gasteiger partial charge in [0.15, 0.2) is 0 Å². The van der Waals surface area contributed by atoms with E-state index in [-0.39, 0.29) is 6.10 Å². The molecule has 0 N–H and O–H groups in total. The summed E-state index contributed by atoms with van der Waals surface area (Å²) in [6.07, 6.45) is 2.18. The van der Waals surface area contributed by atoms with Crippen molar-refractivity contribution in [2.45, 2.75) is 31.3 Å². The van der Waals surface area contributed by atoms with Gasteiger partial charge in [-0.25, -0.2) is 13.4 Å². The molecular formula is C16H20N2O4S2. The van der Waals surface area contributed by atoms with E-state index in [0.29, 0.717) is 42.0 Å². The number of rotatable bonds is 6. The summed E-state index contributed by atoms with van der Waals surface area (Å²) in [5, 5.41) is 2.41. The van der Waals surface area contributed by atoms with E-state index in [1.54, 1.807) is 24.4 Å². The molecule has 0 saturated carbocycles. The Morgan fingerprint density at radius 3 is 2.92 bits per heavy atom. The van der Waals surface area contributed by atoms with Gasteiger partial charge in [-0.2, -0.15) is 4.31 Å². The smallest absolute Gasteiger partial charge is 0.273 e. The van der Waals surface area contributed by atoms with Crippen molar-refractivity contribution in [2.24, 2.45) is 0 Å². The standard InChI is InChI=1S/C16H20N2O4S2/c1-3-21-15-5-4-14(10-12(15)2)24(19,20)18-8-6-13(11-18)22-16-17-7-9-23-16/h4-5,7,9-10,13H,3,6,8,11H2,1-2H3. The molecule has 8 heteroatoms. The van der Waals surface area contributed by atoms with Crippen molar-refractivity contribution in [3.8, 4) is 10.9 Å². The lowest BCUT2D eigenvalue weighted by Crippen LogP contribution is -2.31. The van der Waals surface area contributed by atoms with Gasteiger partial charge in [-0.05, 0) is 44.0 Å². The average molecular weight is 368 g/mol. The Hall–Kier alpha value is -1.64. The van der Waals surface area contributed by atoms with Crippen LogP contribution in [0.2, 0.25) is 0 Å². The monoisotopic (exact) mass is 368 g/mol. The summed E-state index contributed by atoms with van der Waals surface area (Å²) in [5.41, 5.74) is 0.813. The minimum Gasteiger partial charge on any atom is -0.494 e. The number of aromatic nitrogens is 1. The average Bonchev–Trinajstić information content (AvgIpc) is 3.22. The molecule has 1 fully saturated rings. The summed E-state index contributed by atoms with van der Waals surface area (Å²) >= 11 is 1.41. The van der Waals surface area contributed by atoms with Gasteiger partial charge in [-0.1, -0.05) is 11.3 Å². The first-order valence-electron chi connectivity index (χ1n) is 7.80. The van der Waals surface area contributed by atoms with Gasteiger partial charge in [-0.15, -0.1) is 0 Å². The van der Waals surface area contributed by atoms with Crippen LogP contribution in [0.3, 0.4) is 0 Å². The van der Waals surface area contributed by atoms with Gasteiger partial charge in [-0.3, -0.25) is 0 Å². The molecule has 1 aliphatic heterocycles. The fraction of sp³-hybridized carbons (Fsp3) is 0.438. The Morgan fingerprint density at radius 2 is 2.25 bits per heavy atom. The van der Waals surface area contributed by atoms with Crippen molar-refractivity contribution in [1.29, 1.82) is 0 Å². The van der Waals surface area contributed by atoms with Crippen LogP contribution >= 0.6 is 11.3 Å². The molecule has 2 aromatic rings. The maximum Gasteiger partial charge on any atom is 0.273 e. The lowest BCUT2D eigenvalue weighted by Gasteiger charge is -2.17. The predicted octanol–water partition coefficient (Wildman–Crippen LogP) is 2.69. The number of thiazole rings is 1. The fourth-order valence-electron chi connectivity index (χ4n) is 2.67. The Kier molecular flexibility index (Phi) is 5.07. The molecular weight excluding hydrogens is 348 g/mol. The van der Waals surface area contributed by atoms with Crippen molar-refractivity contribution in [1.82, 2.24) is 9.29 Å². The summed E-state index contributed by atoms with van der Waals surface area (Å²) in [6.45, 7) is 5.09. The van der Waals surface area contributed by atoms with E-state index in [1.807, 2.05) is 19.2 Å². The van der Waals surface area contributed by atoms with Crippen LogP contribution in [0.4, 0.5) is 0 Å². The largest absolute Gasteiger partial charge is 0.494 e. The maximum absolute atomic E-state index is 12.8. The van der Waals surface area contributed by atoms with Crippen molar-refractivity contribution in [3.63, 3.8) is 0 Å². The first-order chi connectivity index (χ1) is 11.5. The first kappa shape index (κ1) is 17.2. The van der Waals surface area contributed by atoms with Crippen LogP contribution in [-0.2, 0) is 10.0 Å². The van der Waals surface area contributed by atoms with Gasteiger partial charge in [0.25, 0.3) is 5.19 Å². The molecule has 1 aromatic heterocycles. The van der Waals surface area contributed by atoms with Gasteiger partial charge < -0.3 is 9.47 Å². The highest BCUT2D eigenvalue weighted by Gasteiger charge is 2.34. The fourth-order valence-corrected chi connectivity index (χ4v) is 4.80. The third-order valence-electron chi connectivity index (χ3n) is 3.87. The SMILES string of the molecule is CCOc1ccc(S(=O)(=O)N2CCC(Oc3nccs3)C2)cc1C. The number of hydrogen-bond acceptors (Lipinski definition) is 6. The quantitative estimate of drug-likeness (QED) is 0.784. The zero-order valence-corrected chi connectivity index (χ0v) is 15.3. The molecule has 1 atom stereocenters. The molecule has 0 amide bonds. The molecule has 2 heterocycles. The second-order valence-corrected chi connectivity index (χ2v) is 8.34. The van der Waals surface area contributed by atoms with Crippen LogP contribution in [0, 0.1) is 6.92 Å². The highest BCUT2D eigenvalue weighted by atomic mass is 32.2. The Morgan fingerprint density at radius 1 is 1.42 bits per heavy atom. The summed E-state index contributed by atoms with van der Waals surface area (Å²) in [7, 11) is -3.52. The number of hydrogen-bond donors (Lipinski definition) is 0. The molecule has 1 saturated heterocycles. The molecule has 0 bridgehead atoms. The molecule has 0 radical (unpaired) electrons. The van der Waals surface area contributed by atoms with Crippen molar-refractivity contribution >= 4 is 21.4 Å². The Bertz CT molecular complexity index is 790. The van der Waals surface area contributed by atoms with E-state index >= 15 is 0 Å². The third kappa shape index (κ3) is 3.55. The van der Waals surface area contributed by atoms with E-state index in [9.17, 15) is 8.42 Å². The summed E-state index contributed by atoms with van der Waals surface area (Å²) in [4.78, 5) is 4.37. The zero-order chi connectivity index (χ0) is 17.2. The van der Waals surface area contributed by atoms with E-state index in [0.717, 1.165) is 5.56 Å². The van der Waals surface area contributed by atoms with E-state index in [2.05, 4.69) is 4.98 Å². The molecule has 6 nitrogen and oxygen atoms in total. The summed E-state index contributed by atoms with van der Waals surface area (Å²) in [6, 6.07) is 4.98. The van der Waals surface area contributed by atoms with Crippen molar-refractivity contribution in [3.05, 3.63) is 35.3 Å².